The molecule has 1 N–H and O–H groups in total. The Kier molecular flexibility index (Phi) is 5.91. The van der Waals surface area contributed by atoms with Crippen LogP contribution in [0.5, 0.6) is 0 Å². The molecule has 1 aromatic heterocycles. The van der Waals surface area contributed by atoms with Gasteiger partial charge in [-0.3, -0.25) is 4.79 Å². The van der Waals surface area contributed by atoms with Gasteiger partial charge >= 0.3 is 0 Å². The number of anilines is 1. The molecule has 1 heterocycles. The molecule has 2 aromatic rings. The fourth-order valence-electron chi connectivity index (χ4n) is 1.44. The van der Waals surface area contributed by atoms with Crippen LogP contribution in [0.25, 0.3) is 0 Å². The summed E-state index contributed by atoms with van der Waals surface area (Å²) in [4.78, 5) is 17.9. The van der Waals surface area contributed by atoms with Crippen molar-refractivity contribution in [3.63, 3.8) is 0 Å². The number of thioether (sulfide) groups is 1. The highest BCUT2D eigenvalue weighted by atomic mass is 32.2. The van der Waals surface area contributed by atoms with Gasteiger partial charge in [0.05, 0.1) is 12.1 Å². The maximum atomic E-state index is 11.9. The molecule has 1 amide bonds. The summed E-state index contributed by atoms with van der Waals surface area (Å²) < 4.78 is 0.727. The largest absolute Gasteiger partial charge is 0.369 e. The summed E-state index contributed by atoms with van der Waals surface area (Å²) in [5.74, 6) is 0.224. The number of aliphatic imine (C=N–C) groups is 1. The highest BCUT2D eigenvalue weighted by Gasteiger charge is 2.08. The average Bonchev–Trinajstić information content (AvgIpc) is 2.93. The van der Waals surface area contributed by atoms with E-state index >= 15 is 0 Å². The summed E-state index contributed by atoms with van der Waals surface area (Å²) in [6.07, 6.45) is 1.67. The first-order chi connectivity index (χ1) is 10.5. The third-order valence-electron chi connectivity index (χ3n) is 2.46. The topological polar surface area (TPSA) is 70.5 Å². The fraction of sp³-hybridized carbons (Fsp3) is 0.286. The maximum absolute atomic E-state index is 11.9. The Morgan fingerprint density at radius 2 is 2.09 bits per heavy atom. The highest BCUT2D eigenvalue weighted by molar-refractivity contribution is 8.01. The number of nitrogens with one attached hydrogen (secondary N) is 1. The monoisotopic (exact) mass is 335 g/mol. The fourth-order valence-corrected chi connectivity index (χ4v) is 2.92. The van der Waals surface area contributed by atoms with E-state index in [1.165, 1.54) is 23.1 Å². The van der Waals surface area contributed by atoms with Crippen molar-refractivity contribution in [1.29, 1.82) is 0 Å². The van der Waals surface area contributed by atoms with E-state index in [1.807, 2.05) is 50.2 Å². The molecule has 0 atom stereocenters. The van der Waals surface area contributed by atoms with E-state index in [9.17, 15) is 4.79 Å². The van der Waals surface area contributed by atoms with E-state index in [0.717, 1.165) is 15.6 Å². The minimum Gasteiger partial charge on any atom is -0.369 e. The molecule has 0 radical (unpaired) electrons. The van der Waals surface area contributed by atoms with Crippen molar-refractivity contribution in [2.45, 2.75) is 11.3 Å². The standard InChI is InChI=1S/C14H17N5OS2/c1-10-4-6-11(7-5-10)16-12(20)8-21-14-18-17-13(22-14)15-9-19(2)3/h4-7,9H,8H2,1-3H3,(H,16,20)/b15-9+. The number of hydrogen-bond donors (Lipinski definition) is 1. The smallest absolute Gasteiger partial charge is 0.234 e. The van der Waals surface area contributed by atoms with Crippen molar-refractivity contribution >= 4 is 46.2 Å². The predicted molar refractivity (Wildman–Crippen MR) is 92.3 cm³/mol. The number of hydrogen-bond acceptors (Lipinski definition) is 6. The molecule has 0 aliphatic carbocycles. The molecular formula is C14H17N5OS2. The van der Waals surface area contributed by atoms with Crippen LogP contribution in [0.2, 0.25) is 0 Å². The van der Waals surface area contributed by atoms with Crippen LogP contribution in [0.15, 0.2) is 33.6 Å². The van der Waals surface area contributed by atoms with E-state index in [-0.39, 0.29) is 5.91 Å². The highest BCUT2D eigenvalue weighted by Crippen LogP contribution is 2.27. The maximum Gasteiger partial charge on any atom is 0.234 e. The molecule has 6 nitrogen and oxygen atoms in total. The summed E-state index contributed by atoms with van der Waals surface area (Å²) in [5, 5.41) is 11.4. The SMILES string of the molecule is Cc1ccc(NC(=O)CSc2nnc(/N=C/N(C)C)s2)cc1. The second kappa shape index (κ2) is 7.90. The molecule has 0 aliphatic rings. The van der Waals surface area contributed by atoms with E-state index < -0.39 is 0 Å². The van der Waals surface area contributed by atoms with Gasteiger partial charge in [0.25, 0.3) is 0 Å². The number of rotatable bonds is 6. The van der Waals surface area contributed by atoms with E-state index in [4.69, 9.17) is 0 Å². The molecule has 2 rings (SSSR count). The third-order valence-corrected chi connectivity index (χ3v) is 4.42. The van der Waals surface area contributed by atoms with Crippen LogP contribution in [-0.2, 0) is 4.79 Å². The van der Waals surface area contributed by atoms with Crippen LogP contribution >= 0.6 is 23.1 Å². The van der Waals surface area contributed by atoms with Crippen LogP contribution in [0.3, 0.4) is 0 Å². The van der Waals surface area contributed by atoms with Crippen molar-refractivity contribution in [3.05, 3.63) is 29.8 Å². The minimum absolute atomic E-state index is 0.0672. The zero-order valence-corrected chi connectivity index (χ0v) is 14.2. The average molecular weight is 335 g/mol. The molecule has 8 heteroatoms. The molecule has 0 fully saturated rings. The molecule has 0 unspecified atom stereocenters. The number of amides is 1. The first-order valence-electron chi connectivity index (χ1n) is 6.56. The lowest BCUT2D eigenvalue weighted by molar-refractivity contribution is -0.113. The molecule has 0 aliphatic heterocycles. The van der Waals surface area contributed by atoms with Gasteiger partial charge in [0, 0.05) is 19.8 Å². The van der Waals surface area contributed by atoms with E-state index in [1.54, 1.807) is 6.34 Å². The van der Waals surface area contributed by atoms with Gasteiger partial charge in [0.15, 0.2) is 4.34 Å². The number of aromatic nitrogens is 2. The normalized spacial score (nSPS) is 10.9. The van der Waals surface area contributed by atoms with Gasteiger partial charge in [-0.15, -0.1) is 10.2 Å². The molecule has 0 saturated heterocycles. The van der Waals surface area contributed by atoms with Crippen molar-refractivity contribution in [2.75, 3.05) is 25.2 Å². The minimum atomic E-state index is -0.0672. The zero-order chi connectivity index (χ0) is 15.9. The first-order valence-corrected chi connectivity index (χ1v) is 8.36. The molecule has 116 valence electrons. The number of carbonyl (C=O) groups is 1. The van der Waals surface area contributed by atoms with Crippen molar-refractivity contribution in [1.82, 2.24) is 15.1 Å². The van der Waals surface area contributed by atoms with Crippen molar-refractivity contribution in [2.24, 2.45) is 4.99 Å². The molecule has 0 bridgehead atoms. The Labute approximate surface area is 137 Å². The molecule has 0 saturated carbocycles. The van der Waals surface area contributed by atoms with Crippen LogP contribution < -0.4 is 5.32 Å². The van der Waals surface area contributed by atoms with Crippen LogP contribution in [0.1, 0.15) is 5.56 Å². The van der Waals surface area contributed by atoms with Gasteiger partial charge in [0.2, 0.25) is 11.0 Å². The number of carbonyl (C=O) groups excluding carboxylic acids is 1. The number of aryl methyl sites for hydroxylation is 1. The van der Waals surface area contributed by atoms with Crippen molar-refractivity contribution in [3.8, 4) is 0 Å². The summed E-state index contributed by atoms with van der Waals surface area (Å²) in [5.41, 5.74) is 1.96. The Morgan fingerprint density at radius 3 is 2.77 bits per heavy atom. The predicted octanol–water partition coefficient (Wildman–Crippen LogP) is 2.80. The molecular weight excluding hydrogens is 318 g/mol. The van der Waals surface area contributed by atoms with Gasteiger partial charge in [0.1, 0.15) is 0 Å². The van der Waals surface area contributed by atoms with Crippen molar-refractivity contribution < 1.29 is 4.79 Å². The molecule has 0 spiro atoms. The van der Waals surface area contributed by atoms with Gasteiger partial charge < -0.3 is 10.2 Å². The molecule has 1 aromatic carbocycles. The Morgan fingerprint density at radius 1 is 1.36 bits per heavy atom. The van der Waals surface area contributed by atoms with Gasteiger partial charge in [-0.2, -0.15) is 0 Å². The van der Waals surface area contributed by atoms with Gasteiger partial charge in [-0.1, -0.05) is 40.8 Å². The Balaban J connectivity index is 1.82. The van der Waals surface area contributed by atoms with Crippen LogP contribution in [0.4, 0.5) is 10.8 Å². The van der Waals surface area contributed by atoms with E-state index in [0.29, 0.717) is 10.9 Å². The lowest BCUT2D eigenvalue weighted by Gasteiger charge is -2.04. The number of benzene rings is 1. The Hall–Kier alpha value is -1.93. The summed E-state index contributed by atoms with van der Waals surface area (Å²) in [6, 6.07) is 7.69. The Bertz CT molecular complexity index is 652. The second-order valence-corrected chi connectivity index (χ2v) is 6.94. The van der Waals surface area contributed by atoms with Crippen LogP contribution in [0, 0.1) is 6.92 Å². The summed E-state index contributed by atoms with van der Waals surface area (Å²) >= 11 is 2.71. The first kappa shape index (κ1) is 16.4. The van der Waals surface area contributed by atoms with Crippen LogP contribution in [-0.4, -0.2) is 47.2 Å². The quantitative estimate of drug-likeness (QED) is 0.499. The summed E-state index contributed by atoms with van der Waals surface area (Å²) in [7, 11) is 3.77. The third kappa shape index (κ3) is 5.45. The van der Waals surface area contributed by atoms with Gasteiger partial charge in [-0.25, -0.2) is 4.99 Å². The lowest BCUT2D eigenvalue weighted by atomic mass is 10.2. The summed E-state index contributed by atoms with van der Waals surface area (Å²) in [6.45, 7) is 2.01. The lowest BCUT2D eigenvalue weighted by Crippen LogP contribution is -2.13. The number of nitrogens with zero attached hydrogens (tertiary/aromatic N) is 4. The molecule has 22 heavy (non-hydrogen) atoms. The van der Waals surface area contributed by atoms with Gasteiger partial charge in [-0.05, 0) is 19.1 Å². The second-order valence-electron chi connectivity index (χ2n) is 4.76. The zero-order valence-electron chi connectivity index (χ0n) is 12.6. The van der Waals surface area contributed by atoms with E-state index in [2.05, 4.69) is 20.5 Å².